The number of hydrogen-bond donors (Lipinski definition) is 3. The molecule has 8 heteroatoms. The third kappa shape index (κ3) is 3.29. The van der Waals surface area contributed by atoms with Gasteiger partial charge in [0.25, 0.3) is 0 Å². The fraction of sp³-hybridized carbons (Fsp3) is 0.0833. The molecule has 0 radical (unpaired) electrons. The van der Waals surface area contributed by atoms with E-state index in [1.54, 1.807) is 6.07 Å². The highest BCUT2D eigenvalue weighted by Crippen LogP contribution is 2.12. The Morgan fingerprint density at radius 3 is 2.55 bits per heavy atom. The quantitative estimate of drug-likeness (QED) is 0.564. The molecule has 1 heterocycles. The van der Waals surface area contributed by atoms with Crippen LogP contribution >= 0.6 is 0 Å². The van der Waals surface area contributed by atoms with Gasteiger partial charge in [-0.2, -0.15) is 0 Å². The van der Waals surface area contributed by atoms with Crippen LogP contribution in [0.25, 0.3) is 0 Å². The molecule has 0 saturated heterocycles. The van der Waals surface area contributed by atoms with Crippen LogP contribution in [-0.2, 0) is 16.6 Å². The summed E-state index contributed by atoms with van der Waals surface area (Å²) in [5.74, 6) is 5.02. The number of nitrogens with zero attached hydrogens (tertiary/aromatic N) is 1. The smallest absolute Gasteiger partial charge is 0.242 e. The molecule has 1 aromatic carbocycles. The van der Waals surface area contributed by atoms with E-state index in [4.69, 9.17) is 5.84 Å². The highest BCUT2D eigenvalue weighted by molar-refractivity contribution is 7.89. The van der Waals surface area contributed by atoms with Crippen LogP contribution in [0.3, 0.4) is 0 Å². The Hall–Kier alpha value is -2.03. The van der Waals surface area contributed by atoms with E-state index in [0.717, 1.165) is 0 Å². The van der Waals surface area contributed by atoms with Gasteiger partial charge in [-0.25, -0.2) is 28.4 Å². The van der Waals surface area contributed by atoms with E-state index in [1.165, 1.54) is 36.5 Å². The van der Waals surface area contributed by atoms with Gasteiger partial charge < -0.3 is 5.43 Å². The van der Waals surface area contributed by atoms with E-state index < -0.39 is 15.8 Å². The molecule has 0 unspecified atom stereocenters. The number of benzene rings is 1. The first-order chi connectivity index (χ1) is 9.53. The lowest BCUT2D eigenvalue weighted by atomic mass is 10.2. The summed E-state index contributed by atoms with van der Waals surface area (Å²) in [5, 5.41) is 0. The fourth-order valence-corrected chi connectivity index (χ4v) is 2.47. The predicted molar refractivity (Wildman–Crippen MR) is 72.5 cm³/mol. The molecule has 0 bridgehead atoms. The van der Waals surface area contributed by atoms with Crippen LogP contribution < -0.4 is 16.0 Å². The van der Waals surface area contributed by atoms with Crippen molar-refractivity contribution in [2.45, 2.75) is 11.4 Å². The van der Waals surface area contributed by atoms with Crippen molar-refractivity contribution >= 4 is 15.8 Å². The minimum atomic E-state index is -3.75. The minimum absolute atomic E-state index is 0.0205. The number of halogens is 1. The van der Waals surface area contributed by atoms with Crippen molar-refractivity contribution < 1.29 is 12.8 Å². The van der Waals surface area contributed by atoms with Crippen LogP contribution in [0.15, 0.2) is 47.5 Å². The molecule has 20 heavy (non-hydrogen) atoms. The van der Waals surface area contributed by atoms with Crippen molar-refractivity contribution in [1.82, 2.24) is 9.71 Å². The average Bonchev–Trinajstić information content (AvgIpc) is 2.46. The van der Waals surface area contributed by atoms with Gasteiger partial charge in [-0.3, -0.25) is 0 Å². The zero-order valence-electron chi connectivity index (χ0n) is 10.4. The van der Waals surface area contributed by atoms with Crippen LogP contribution in [0.2, 0.25) is 0 Å². The number of hydrogen-bond acceptors (Lipinski definition) is 5. The minimum Gasteiger partial charge on any atom is -0.308 e. The standard InChI is InChI=1S/C12H13FN4O2S/c13-11-4-2-1-3-9(11)7-16-20(18,19)10-5-6-12(17-14)15-8-10/h1-6,8,16H,7,14H2,(H,15,17). The third-order valence-electron chi connectivity index (χ3n) is 2.61. The zero-order chi connectivity index (χ0) is 14.6. The van der Waals surface area contributed by atoms with Gasteiger partial charge in [-0.05, 0) is 18.2 Å². The Morgan fingerprint density at radius 2 is 1.95 bits per heavy atom. The second kappa shape index (κ2) is 5.95. The van der Waals surface area contributed by atoms with Crippen LogP contribution in [-0.4, -0.2) is 13.4 Å². The number of rotatable bonds is 5. The average molecular weight is 296 g/mol. The molecular weight excluding hydrogens is 283 g/mol. The number of nitrogens with two attached hydrogens (primary N) is 1. The highest BCUT2D eigenvalue weighted by atomic mass is 32.2. The number of nitrogen functional groups attached to an aromatic ring is 1. The molecule has 0 aliphatic rings. The van der Waals surface area contributed by atoms with Crippen molar-refractivity contribution in [3.05, 3.63) is 54.0 Å². The van der Waals surface area contributed by atoms with Crippen molar-refractivity contribution in [3.8, 4) is 0 Å². The van der Waals surface area contributed by atoms with E-state index in [1.807, 2.05) is 0 Å². The van der Waals surface area contributed by atoms with Crippen molar-refractivity contribution in [2.24, 2.45) is 5.84 Å². The first-order valence-electron chi connectivity index (χ1n) is 5.68. The molecule has 2 aromatic rings. The number of pyridine rings is 1. The highest BCUT2D eigenvalue weighted by Gasteiger charge is 2.15. The first-order valence-corrected chi connectivity index (χ1v) is 7.17. The maximum absolute atomic E-state index is 13.4. The number of hydrazine groups is 1. The number of aromatic nitrogens is 1. The summed E-state index contributed by atoms with van der Waals surface area (Å²) in [6.07, 6.45) is 1.17. The lowest BCUT2D eigenvalue weighted by Gasteiger charge is -2.07. The molecule has 0 saturated carbocycles. The first kappa shape index (κ1) is 14.4. The van der Waals surface area contributed by atoms with Gasteiger partial charge in [-0.1, -0.05) is 18.2 Å². The molecule has 0 aliphatic heterocycles. The van der Waals surface area contributed by atoms with Crippen molar-refractivity contribution in [1.29, 1.82) is 0 Å². The monoisotopic (exact) mass is 296 g/mol. The topological polar surface area (TPSA) is 97.1 Å². The SMILES string of the molecule is NNc1ccc(S(=O)(=O)NCc2ccccc2F)cn1. The Labute approximate surface area is 115 Å². The van der Waals surface area contributed by atoms with Crippen LogP contribution in [0.4, 0.5) is 10.2 Å². The van der Waals surface area contributed by atoms with Crippen LogP contribution in [0, 0.1) is 5.82 Å². The van der Waals surface area contributed by atoms with E-state index >= 15 is 0 Å². The molecule has 0 amide bonds. The lowest BCUT2D eigenvalue weighted by Crippen LogP contribution is -2.24. The second-order valence-electron chi connectivity index (χ2n) is 3.94. The maximum atomic E-state index is 13.4. The van der Waals surface area contributed by atoms with Gasteiger partial charge in [-0.15, -0.1) is 0 Å². The Bertz CT molecular complexity index is 689. The van der Waals surface area contributed by atoms with E-state index in [-0.39, 0.29) is 17.0 Å². The normalized spacial score (nSPS) is 11.3. The third-order valence-corrected chi connectivity index (χ3v) is 3.99. The summed E-state index contributed by atoms with van der Waals surface area (Å²) in [7, 11) is -3.75. The van der Waals surface area contributed by atoms with Gasteiger partial charge in [0.05, 0.1) is 0 Å². The molecule has 0 aliphatic carbocycles. The maximum Gasteiger partial charge on any atom is 0.242 e. The van der Waals surface area contributed by atoms with E-state index in [9.17, 15) is 12.8 Å². The molecule has 0 fully saturated rings. The molecule has 106 valence electrons. The van der Waals surface area contributed by atoms with Gasteiger partial charge in [0, 0.05) is 18.3 Å². The number of anilines is 1. The Balaban J connectivity index is 2.13. The summed E-state index contributed by atoms with van der Waals surface area (Å²) in [5.41, 5.74) is 2.56. The van der Waals surface area contributed by atoms with Gasteiger partial charge in [0.15, 0.2) is 0 Å². The zero-order valence-corrected chi connectivity index (χ0v) is 11.2. The summed E-state index contributed by atoms with van der Waals surface area (Å²) in [4.78, 5) is 3.79. The summed E-state index contributed by atoms with van der Waals surface area (Å²) < 4.78 is 39.7. The number of nitrogens with one attached hydrogen (secondary N) is 2. The Morgan fingerprint density at radius 1 is 1.20 bits per heavy atom. The Kier molecular flexibility index (Phi) is 4.28. The van der Waals surface area contributed by atoms with E-state index in [0.29, 0.717) is 5.82 Å². The predicted octanol–water partition coefficient (Wildman–Crippen LogP) is 0.985. The van der Waals surface area contributed by atoms with Crippen LogP contribution in [0.1, 0.15) is 5.56 Å². The number of sulfonamides is 1. The van der Waals surface area contributed by atoms with Gasteiger partial charge in [0.2, 0.25) is 10.0 Å². The van der Waals surface area contributed by atoms with E-state index in [2.05, 4.69) is 15.1 Å². The summed E-state index contributed by atoms with van der Waals surface area (Å²) >= 11 is 0. The molecule has 1 aromatic heterocycles. The van der Waals surface area contributed by atoms with Gasteiger partial charge >= 0.3 is 0 Å². The molecular formula is C12H13FN4O2S. The molecule has 0 atom stereocenters. The van der Waals surface area contributed by atoms with Crippen molar-refractivity contribution in [3.63, 3.8) is 0 Å². The second-order valence-corrected chi connectivity index (χ2v) is 5.71. The largest absolute Gasteiger partial charge is 0.308 e. The summed E-state index contributed by atoms with van der Waals surface area (Å²) in [6, 6.07) is 8.74. The lowest BCUT2D eigenvalue weighted by molar-refractivity contribution is 0.574. The summed E-state index contributed by atoms with van der Waals surface area (Å²) in [6.45, 7) is -0.133. The van der Waals surface area contributed by atoms with Crippen LogP contribution in [0.5, 0.6) is 0 Å². The molecule has 2 rings (SSSR count). The molecule has 6 nitrogen and oxygen atoms in total. The van der Waals surface area contributed by atoms with Gasteiger partial charge in [0.1, 0.15) is 16.5 Å². The molecule has 0 spiro atoms. The fourth-order valence-electron chi connectivity index (χ4n) is 1.52. The van der Waals surface area contributed by atoms with Crippen molar-refractivity contribution in [2.75, 3.05) is 5.43 Å². The molecule has 4 N–H and O–H groups in total.